The highest BCUT2D eigenvalue weighted by Crippen LogP contribution is 2.40. The number of fused-ring (bicyclic) bond motifs is 1. The zero-order chi connectivity index (χ0) is 17.6. The monoisotopic (exact) mass is 381 g/mol. The van der Waals surface area contributed by atoms with E-state index in [4.69, 9.17) is 11.6 Å². The van der Waals surface area contributed by atoms with Gasteiger partial charge in [-0.1, -0.05) is 11.6 Å². The molecule has 134 valence electrons. The Morgan fingerprint density at radius 1 is 1.20 bits per heavy atom. The molecular weight excluding hydrogens is 362 g/mol. The maximum Gasteiger partial charge on any atom is 0.223 e. The molecule has 0 unspecified atom stereocenters. The number of anilines is 1. The van der Waals surface area contributed by atoms with Gasteiger partial charge in [0, 0.05) is 42.3 Å². The topological polar surface area (TPSA) is 88.1 Å². The average Bonchev–Trinajstić information content (AvgIpc) is 3.40. The van der Waals surface area contributed by atoms with Crippen LogP contribution in [0.15, 0.2) is 12.3 Å². The van der Waals surface area contributed by atoms with E-state index in [1.54, 1.807) is 6.20 Å². The lowest BCUT2D eigenvalue weighted by atomic mass is 10.1. The number of hydrogen-bond donors (Lipinski definition) is 1. The normalized spacial score (nSPS) is 20.1. The number of halogens is 1. The van der Waals surface area contributed by atoms with Gasteiger partial charge >= 0.3 is 0 Å². The fourth-order valence-electron chi connectivity index (χ4n) is 3.19. The molecule has 2 fully saturated rings. The highest BCUT2D eigenvalue weighted by Gasteiger charge is 2.27. The van der Waals surface area contributed by atoms with Crippen LogP contribution in [0.25, 0.3) is 10.9 Å². The van der Waals surface area contributed by atoms with E-state index in [0.717, 1.165) is 23.9 Å². The molecule has 0 amide bonds. The molecule has 2 aromatic rings. The molecule has 1 saturated carbocycles. The largest absolute Gasteiger partial charge is 0.351 e. The minimum Gasteiger partial charge on any atom is -0.351 e. The summed E-state index contributed by atoms with van der Waals surface area (Å²) in [5.74, 6) is 1.04. The number of rotatable bonds is 4. The van der Waals surface area contributed by atoms with E-state index in [0.29, 0.717) is 35.6 Å². The van der Waals surface area contributed by atoms with E-state index in [1.807, 2.05) is 6.07 Å². The Labute approximate surface area is 151 Å². The molecule has 1 saturated heterocycles. The summed E-state index contributed by atoms with van der Waals surface area (Å²) >= 11 is 6.32. The van der Waals surface area contributed by atoms with Crippen LogP contribution in [0.5, 0.6) is 0 Å². The molecule has 3 heterocycles. The summed E-state index contributed by atoms with van der Waals surface area (Å²) in [6.45, 7) is 1.02. The second-order valence-electron chi connectivity index (χ2n) is 6.82. The summed E-state index contributed by atoms with van der Waals surface area (Å²) in [6, 6.07) is 2.17. The number of nitrogens with zero attached hydrogens (tertiary/aromatic N) is 4. The minimum absolute atomic E-state index is 0.146. The van der Waals surface area contributed by atoms with Crippen molar-refractivity contribution >= 4 is 38.5 Å². The lowest BCUT2D eigenvalue weighted by Crippen LogP contribution is -2.42. The second kappa shape index (κ2) is 6.34. The molecule has 0 bridgehead atoms. The molecule has 2 aromatic heterocycles. The van der Waals surface area contributed by atoms with Crippen LogP contribution in [0.4, 0.5) is 5.95 Å². The van der Waals surface area contributed by atoms with Crippen LogP contribution in [0.3, 0.4) is 0 Å². The van der Waals surface area contributed by atoms with Crippen molar-refractivity contribution in [1.29, 1.82) is 0 Å². The maximum atomic E-state index is 11.6. The van der Waals surface area contributed by atoms with Crippen LogP contribution >= 0.6 is 11.6 Å². The van der Waals surface area contributed by atoms with Crippen molar-refractivity contribution in [3.05, 3.63) is 23.1 Å². The summed E-state index contributed by atoms with van der Waals surface area (Å²) in [5, 5.41) is 4.61. The predicted octanol–water partition coefficient (Wildman–Crippen LogP) is 2.39. The Balaban J connectivity index is 1.49. The summed E-state index contributed by atoms with van der Waals surface area (Å²) in [4.78, 5) is 13.4. The van der Waals surface area contributed by atoms with E-state index < -0.39 is 10.0 Å². The molecule has 4 rings (SSSR count). The summed E-state index contributed by atoms with van der Waals surface area (Å²) in [5.41, 5.74) is 1.67. The van der Waals surface area contributed by atoms with E-state index in [1.165, 1.54) is 23.4 Å². The molecule has 0 radical (unpaired) electrons. The summed E-state index contributed by atoms with van der Waals surface area (Å²) < 4.78 is 24.7. The van der Waals surface area contributed by atoms with Crippen LogP contribution in [-0.2, 0) is 10.0 Å². The second-order valence-corrected chi connectivity index (χ2v) is 9.16. The lowest BCUT2D eigenvalue weighted by molar-refractivity contribution is 0.331. The van der Waals surface area contributed by atoms with Gasteiger partial charge in [-0.25, -0.2) is 27.7 Å². The first kappa shape index (κ1) is 16.9. The van der Waals surface area contributed by atoms with Crippen molar-refractivity contribution in [2.75, 3.05) is 24.7 Å². The molecule has 1 N–H and O–H groups in total. The number of sulfonamides is 1. The minimum atomic E-state index is -3.11. The first-order chi connectivity index (χ1) is 11.9. The maximum absolute atomic E-state index is 11.6. The smallest absolute Gasteiger partial charge is 0.223 e. The molecular formula is C16H20ClN5O2S. The summed E-state index contributed by atoms with van der Waals surface area (Å²) in [7, 11) is -3.11. The van der Waals surface area contributed by atoms with Gasteiger partial charge in [0.2, 0.25) is 16.0 Å². The first-order valence-electron chi connectivity index (χ1n) is 8.45. The first-order valence-corrected chi connectivity index (χ1v) is 10.7. The van der Waals surface area contributed by atoms with Crippen LogP contribution < -0.4 is 5.32 Å². The van der Waals surface area contributed by atoms with Crippen LogP contribution in [0.1, 0.15) is 37.3 Å². The van der Waals surface area contributed by atoms with Gasteiger partial charge in [0.05, 0.1) is 6.26 Å². The predicted molar refractivity (Wildman–Crippen MR) is 97.4 cm³/mol. The zero-order valence-electron chi connectivity index (χ0n) is 13.9. The third kappa shape index (κ3) is 3.70. The molecule has 7 nitrogen and oxygen atoms in total. The van der Waals surface area contributed by atoms with Crippen molar-refractivity contribution < 1.29 is 8.42 Å². The van der Waals surface area contributed by atoms with Gasteiger partial charge < -0.3 is 5.32 Å². The zero-order valence-corrected chi connectivity index (χ0v) is 15.5. The van der Waals surface area contributed by atoms with Crippen LogP contribution in [0.2, 0.25) is 5.15 Å². The van der Waals surface area contributed by atoms with Gasteiger partial charge in [-0.3, -0.25) is 0 Å². The Kier molecular flexibility index (Phi) is 4.29. The number of hydrogen-bond acceptors (Lipinski definition) is 6. The van der Waals surface area contributed by atoms with E-state index in [9.17, 15) is 8.42 Å². The van der Waals surface area contributed by atoms with Crippen molar-refractivity contribution in [3.63, 3.8) is 0 Å². The van der Waals surface area contributed by atoms with Crippen molar-refractivity contribution in [1.82, 2.24) is 19.3 Å². The van der Waals surface area contributed by atoms with Gasteiger partial charge in [-0.15, -0.1) is 0 Å². The fourth-order valence-corrected chi connectivity index (χ4v) is 4.32. The SMILES string of the molecule is CS(=O)(=O)N1CCC(Nc2ncc3cc(C4CC4)nc(Cl)c3n2)CC1. The van der Waals surface area contributed by atoms with Gasteiger partial charge in [-0.05, 0) is 31.7 Å². The Morgan fingerprint density at radius 3 is 2.56 bits per heavy atom. The third-order valence-electron chi connectivity index (χ3n) is 4.79. The van der Waals surface area contributed by atoms with E-state index in [-0.39, 0.29) is 6.04 Å². The highest BCUT2D eigenvalue weighted by molar-refractivity contribution is 7.88. The molecule has 1 aliphatic carbocycles. The molecule has 0 aromatic carbocycles. The molecule has 0 spiro atoms. The standard InChI is InChI=1S/C16H20ClN5O2S/c1-25(23,24)22-6-4-12(5-7-22)19-16-18-9-11-8-13(10-2-3-10)20-15(17)14(11)21-16/h8-10,12H,2-7H2,1H3,(H,18,19,21). The Morgan fingerprint density at radius 2 is 1.92 bits per heavy atom. The number of pyridine rings is 1. The highest BCUT2D eigenvalue weighted by atomic mass is 35.5. The van der Waals surface area contributed by atoms with Crippen LogP contribution in [0, 0.1) is 0 Å². The van der Waals surface area contributed by atoms with Crippen molar-refractivity contribution in [3.8, 4) is 0 Å². The molecule has 0 atom stereocenters. The van der Waals surface area contributed by atoms with Crippen molar-refractivity contribution in [2.45, 2.75) is 37.6 Å². The van der Waals surface area contributed by atoms with Gasteiger partial charge in [0.25, 0.3) is 0 Å². The average molecular weight is 382 g/mol. The quantitative estimate of drug-likeness (QED) is 0.818. The number of aromatic nitrogens is 3. The summed E-state index contributed by atoms with van der Waals surface area (Å²) in [6.07, 6.45) is 6.80. The van der Waals surface area contributed by atoms with Gasteiger partial charge in [0.1, 0.15) is 5.52 Å². The molecule has 1 aliphatic heterocycles. The lowest BCUT2D eigenvalue weighted by Gasteiger charge is -2.30. The number of piperidine rings is 1. The van der Waals surface area contributed by atoms with E-state index in [2.05, 4.69) is 20.3 Å². The van der Waals surface area contributed by atoms with E-state index >= 15 is 0 Å². The molecule has 9 heteroatoms. The van der Waals surface area contributed by atoms with Crippen LogP contribution in [-0.4, -0.2) is 53.1 Å². The van der Waals surface area contributed by atoms with Gasteiger partial charge in [-0.2, -0.15) is 0 Å². The van der Waals surface area contributed by atoms with Crippen molar-refractivity contribution in [2.24, 2.45) is 0 Å². The molecule has 25 heavy (non-hydrogen) atoms. The molecule has 2 aliphatic rings. The Hall–Kier alpha value is -1.51. The fraction of sp³-hybridized carbons (Fsp3) is 0.562. The Bertz CT molecular complexity index is 908. The number of nitrogens with one attached hydrogen (secondary N) is 1. The third-order valence-corrected chi connectivity index (χ3v) is 6.36. The van der Waals surface area contributed by atoms with Gasteiger partial charge in [0.15, 0.2) is 5.15 Å².